The van der Waals surface area contributed by atoms with Crippen molar-refractivity contribution in [2.24, 2.45) is 0 Å². The fourth-order valence-corrected chi connectivity index (χ4v) is 2.69. The third kappa shape index (κ3) is 4.67. The van der Waals surface area contributed by atoms with Crippen LogP contribution in [0.1, 0.15) is 10.5 Å². The monoisotopic (exact) mass is 342 g/mol. The summed E-state index contributed by atoms with van der Waals surface area (Å²) in [6, 6.07) is 7.21. The quantitative estimate of drug-likeness (QED) is 0.789. The number of aromatic nitrogens is 2. The Kier molecular flexibility index (Phi) is 5.79. The van der Waals surface area contributed by atoms with Gasteiger partial charge in [-0.2, -0.15) is 0 Å². The van der Waals surface area contributed by atoms with Gasteiger partial charge >= 0.3 is 0 Å². The number of piperazine rings is 1. The second-order valence-electron chi connectivity index (χ2n) is 5.75. The van der Waals surface area contributed by atoms with E-state index < -0.39 is 0 Å². The van der Waals surface area contributed by atoms with Crippen molar-refractivity contribution in [3.63, 3.8) is 0 Å². The molecule has 0 spiro atoms. The van der Waals surface area contributed by atoms with Gasteiger partial charge in [-0.15, -0.1) is 0 Å². The molecule has 1 saturated heterocycles. The van der Waals surface area contributed by atoms with E-state index in [1.807, 2.05) is 17.0 Å². The number of nitrogens with zero attached hydrogens (tertiary/aromatic N) is 4. The number of ether oxygens (including phenoxy) is 2. The molecule has 0 unspecified atom stereocenters. The zero-order chi connectivity index (χ0) is 17.5. The molecule has 0 aromatic carbocycles. The molecule has 3 heterocycles. The predicted octanol–water partition coefficient (Wildman–Crippen LogP) is 1.32. The van der Waals surface area contributed by atoms with Crippen molar-refractivity contribution >= 4 is 5.91 Å². The predicted molar refractivity (Wildman–Crippen MR) is 92.9 cm³/mol. The molecule has 7 nitrogen and oxygen atoms in total. The van der Waals surface area contributed by atoms with E-state index >= 15 is 0 Å². The Labute approximate surface area is 147 Å². The summed E-state index contributed by atoms with van der Waals surface area (Å²) in [5.41, 5.74) is 0.453. The topological polar surface area (TPSA) is 67.8 Å². The lowest BCUT2D eigenvalue weighted by Gasteiger charge is -2.34. The molecule has 0 N–H and O–H groups in total. The lowest BCUT2D eigenvalue weighted by Crippen LogP contribution is -2.49. The van der Waals surface area contributed by atoms with Crippen molar-refractivity contribution in [2.75, 3.05) is 46.4 Å². The van der Waals surface area contributed by atoms with Gasteiger partial charge in [-0.1, -0.05) is 0 Å². The summed E-state index contributed by atoms with van der Waals surface area (Å²) in [4.78, 5) is 24.8. The summed E-state index contributed by atoms with van der Waals surface area (Å²) >= 11 is 0. The Morgan fingerprint density at radius 1 is 1.12 bits per heavy atom. The van der Waals surface area contributed by atoms with Crippen LogP contribution < -0.4 is 9.47 Å². The zero-order valence-corrected chi connectivity index (χ0v) is 14.3. The van der Waals surface area contributed by atoms with Crippen molar-refractivity contribution in [2.45, 2.75) is 0 Å². The summed E-state index contributed by atoms with van der Waals surface area (Å²) < 4.78 is 10.7. The highest BCUT2D eigenvalue weighted by Crippen LogP contribution is 2.12. The molecular formula is C18H22N4O3. The lowest BCUT2D eigenvalue weighted by atomic mass is 10.2. The molecular weight excluding hydrogens is 320 g/mol. The summed E-state index contributed by atoms with van der Waals surface area (Å²) in [5, 5.41) is 0. The van der Waals surface area contributed by atoms with E-state index in [0.717, 1.165) is 25.4 Å². The first kappa shape index (κ1) is 17.2. The number of amides is 1. The largest absolute Gasteiger partial charge is 0.495 e. The minimum absolute atomic E-state index is 0.0334. The van der Waals surface area contributed by atoms with Crippen molar-refractivity contribution in [3.05, 3.63) is 48.5 Å². The summed E-state index contributed by atoms with van der Waals surface area (Å²) in [7, 11) is 1.58. The van der Waals surface area contributed by atoms with Gasteiger partial charge in [0, 0.05) is 38.9 Å². The number of hydrogen-bond donors (Lipinski definition) is 0. The van der Waals surface area contributed by atoms with Crippen LogP contribution in [0.5, 0.6) is 11.5 Å². The molecule has 132 valence electrons. The van der Waals surface area contributed by atoms with Crippen molar-refractivity contribution in [1.82, 2.24) is 19.8 Å². The Bertz CT molecular complexity index is 670. The Balaban J connectivity index is 1.42. The summed E-state index contributed by atoms with van der Waals surface area (Å²) in [5.74, 6) is 1.39. The van der Waals surface area contributed by atoms with Crippen LogP contribution in [-0.2, 0) is 0 Å². The van der Waals surface area contributed by atoms with Crippen LogP contribution in [-0.4, -0.2) is 72.1 Å². The lowest BCUT2D eigenvalue weighted by molar-refractivity contribution is 0.0614. The SMILES string of the molecule is COc1ccc(C(=O)N2CCN(CCOc3cccnc3)CC2)nc1. The highest BCUT2D eigenvalue weighted by molar-refractivity contribution is 5.92. The third-order valence-corrected chi connectivity index (χ3v) is 4.16. The van der Waals surface area contributed by atoms with Gasteiger partial charge in [0.05, 0.1) is 19.5 Å². The van der Waals surface area contributed by atoms with E-state index in [4.69, 9.17) is 9.47 Å². The molecule has 1 fully saturated rings. The average Bonchev–Trinajstić information content (AvgIpc) is 2.69. The van der Waals surface area contributed by atoms with E-state index in [-0.39, 0.29) is 5.91 Å². The van der Waals surface area contributed by atoms with Crippen molar-refractivity contribution in [1.29, 1.82) is 0 Å². The second-order valence-corrected chi connectivity index (χ2v) is 5.75. The van der Waals surface area contributed by atoms with Gasteiger partial charge in [0.2, 0.25) is 0 Å². The fourth-order valence-electron chi connectivity index (χ4n) is 2.69. The summed E-state index contributed by atoms with van der Waals surface area (Å²) in [6.45, 7) is 4.49. The van der Waals surface area contributed by atoms with Crippen LogP contribution in [0.25, 0.3) is 0 Å². The highest BCUT2D eigenvalue weighted by Gasteiger charge is 2.22. The second kappa shape index (κ2) is 8.43. The van der Waals surface area contributed by atoms with Gasteiger partial charge < -0.3 is 14.4 Å². The van der Waals surface area contributed by atoms with Crippen LogP contribution in [0.2, 0.25) is 0 Å². The van der Waals surface area contributed by atoms with Gasteiger partial charge in [-0.25, -0.2) is 4.98 Å². The highest BCUT2D eigenvalue weighted by atomic mass is 16.5. The standard InChI is InChI=1S/C18H22N4O3/c1-24-15-4-5-17(20-14-15)18(23)22-9-7-21(8-10-22)11-12-25-16-3-2-6-19-13-16/h2-6,13-14H,7-12H2,1H3. The number of carbonyl (C=O) groups excluding carboxylic acids is 1. The molecule has 7 heteroatoms. The van der Waals surface area contributed by atoms with Gasteiger partial charge in [-0.3, -0.25) is 14.7 Å². The van der Waals surface area contributed by atoms with Crippen LogP contribution in [0.4, 0.5) is 0 Å². The molecule has 0 radical (unpaired) electrons. The van der Waals surface area contributed by atoms with Crippen LogP contribution >= 0.6 is 0 Å². The minimum atomic E-state index is -0.0334. The summed E-state index contributed by atoms with van der Waals surface area (Å²) in [6.07, 6.45) is 5.00. The molecule has 1 aliphatic heterocycles. The van der Waals surface area contributed by atoms with Gasteiger partial charge in [-0.05, 0) is 24.3 Å². The van der Waals surface area contributed by atoms with Crippen LogP contribution in [0, 0.1) is 0 Å². The van der Waals surface area contributed by atoms with Gasteiger partial charge in [0.1, 0.15) is 23.8 Å². The molecule has 1 amide bonds. The molecule has 0 aliphatic carbocycles. The van der Waals surface area contributed by atoms with Gasteiger partial charge in [0.15, 0.2) is 0 Å². The van der Waals surface area contributed by atoms with Crippen molar-refractivity contribution in [3.8, 4) is 11.5 Å². The Hall–Kier alpha value is -2.67. The molecule has 25 heavy (non-hydrogen) atoms. The molecule has 0 bridgehead atoms. The normalized spacial score (nSPS) is 15.0. The molecule has 0 saturated carbocycles. The van der Waals surface area contributed by atoms with Crippen LogP contribution in [0.15, 0.2) is 42.9 Å². The van der Waals surface area contributed by atoms with Crippen LogP contribution in [0.3, 0.4) is 0 Å². The minimum Gasteiger partial charge on any atom is -0.495 e. The Morgan fingerprint density at radius 2 is 1.96 bits per heavy atom. The number of rotatable bonds is 6. The number of methoxy groups -OCH3 is 1. The van der Waals surface area contributed by atoms with Crippen molar-refractivity contribution < 1.29 is 14.3 Å². The maximum absolute atomic E-state index is 12.5. The van der Waals surface area contributed by atoms with E-state index in [0.29, 0.717) is 31.1 Å². The van der Waals surface area contributed by atoms with E-state index in [1.54, 1.807) is 37.8 Å². The first-order valence-corrected chi connectivity index (χ1v) is 8.31. The molecule has 2 aromatic rings. The Morgan fingerprint density at radius 3 is 2.60 bits per heavy atom. The first-order valence-electron chi connectivity index (χ1n) is 8.31. The van der Waals surface area contributed by atoms with E-state index in [2.05, 4.69) is 14.9 Å². The zero-order valence-electron chi connectivity index (χ0n) is 14.3. The number of carbonyl (C=O) groups is 1. The maximum Gasteiger partial charge on any atom is 0.272 e. The van der Waals surface area contributed by atoms with E-state index in [1.165, 1.54) is 0 Å². The molecule has 3 rings (SSSR count). The number of pyridine rings is 2. The molecule has 2 aromatic heterocycles. The molecule has 0 atom stereocenters. The average molecular weight is 342 g/mol. The molecule has 1 aliphatic rings. The smallest absolute Gasteiger partial charge is 0.272 e. The first-order chi connectivity index (χ1) is 12.3. The maximum atomic E-state index is 12.5. The third-order valence-electron chi connectivity index (χ3n) is 4.16. The van der Waals surface area contributed by atoms with Gasteiger partial charge in [0.25, 0.3) is 5.91 Å². The van der Waals surface area contributed by atoms with E-state index in [9.17, 15) is 4.79 Å². The fraction of sp³-hybridized carbons (Fsp3) is 0.389. The number of hydrogen-bond acceptors (Lipinski definition) is 6.